The van der Waals surface area contributed by atoms with Crippen LogP contribution in [0.2, 0.25) is 0 Å². The van der Waals surface area contributed by atoms with Crippen LogP contribution in [0.4, 0.5) is 0 Å². The number of likely N-dealkylation sites (N-methyl/N-ethyl adjacent to an activating group) is 1. The van der Waals surface area contributed by atoms with Crippen molar-refractivity contribution in [1.29, 1.82) is 0 Å². The molecule has 0 spiro atoms. The lowest BCUT2D eigenvalue weighted by Gasteiger charge is -2.23. The van der Waals surface area contributed by atoms with E-state index in [2.05, 4.69) is 17.3 Å². The van der Waals surface area contributed by atoms with Gasteiger partial charge in [-0.25, -0.2) is 4.68 Å². The van der Waals surface area contributed by atoms with Crippen LogP contribution in [0, 0.1) is 18.7 Å². The van der Waals surface area contributed by atoms with Gasteiger partial charge in [0.2, 0.25) is 11.8 Å². The van der Waals surface area contributed by atoms with Crippen LogP contribution < -0.4 is 5.32 Å². The molecule has 0 bridgehead atoms. The van der Waals surface area contributed by atoms with E-state index < -0.39 is 0 Å². The summed E-state index contributed by atoms with van der Waals surface area (Å²) in [5, 5.41) is 7.38. The van der Waals surface area contributed by atoms with Crippen LogP contribution in [0.1, 0.15) is 31.9 Å². The van der Waals surface area contributed by atoms with Gasteiger partial charge in [-0.2, -0.15) is 0 Å². The number of carbonyl (C=O) groups excluding carboxylic acids is 1. The van der Waals surface area contributed by atoms with E-state index >= 15 is 0 Å². The second-order valence-electron chi connectivity index (χ2n) is 7.43. The van der Waals surface area contributed by atoms with E-state index in [4.69, 9.17) is 16.6 Å². The van der Waals surface area contributed by atoms with Crippen molar-refractivity contribution in [3.8, 4) is 11.5 Å². The summed E-state index contributed by atoms with van der Waals surface area (Å²) in [5.41, 5.74) is 3.02. The van der Waals surface area contributed by atoms with Gasteiger partial charge in [0.15, 0.2) is 0 Å². The Morgan fingerprint density at radius 1 is 1.32 bits per heavy atom. The van der Waals surface area contributed by atoms with Crippen molar-refractivity contribution >= 4 is 18.1 Å². The van der Waals surface area contributed by atoms with E-state index in [-0.39, 0.29) is 22.8 Å². The fraction of sp³-hybridized carbons (Fsp3) is 0.500. The predicted molar refractivity (Wildman–Crippen MR) is 101 cm³/mol. The monoisotopic (exact) mass is 362 g/mol. The number of carbonyl (C=O) groups is 1. The summed E-state index contributed by atoms with van der Waals surface area (Å²) >= 11 is 5.26. The molecule has 0 aliphatic heterocycles. The van der Waals surface area contributed by atoms with Gasteiger partial charge in [0, 0.05) is 11.1 Å². The molecule has 0 saturated heterocycles. The zero-order valence-electron chi connectivity index (χ0n) is 15.7. The Morgan fingerprint density at radius 2 is 2.00 bits per heavy atom. The number of rotatable bonds is 5. The molecule has 0 atom stereocenters. The highest BCUT2D eigenvalue weighted by molar-refractivity contribution is 7.71. The third kappa shape index (κ3) is 5.51. The van der Waals surface area contributed by atoms with Crippen molar-refractivity contribution in [2.24, 2.45) is 0 Å². The maximum atomic E-state index is 12.0. The normalized spacial score (nSPS) is 11.8. The lowest BCUT2D eigenvalue weighted by atomic mass is 10.1. The summed E-state index contributed by atoms with van der Waals surface area (Å²) in [7, 11) is 1.84. The zero-order valence-corrected chi connectivity index (χ0v) is 16.5. The van der Waals surface area contributed by atoms with Gasteiger partial charge < -0.3 is 9.73 Å². The van der Waals surface area contributed by atoms with Gasteiger partial charge >= 0.3 is 0 Å². The molecule has 0 aliphatic rings. The van der Waals surface area contributed by atoms with Crippen molar-refractivity contribution in [1.82, 2.24) is 20.0 Å². The molecule has 0 saturated carbocycles. The smallest absolute Gasteiger partial charge is 0.288 e. The van der Waals surface area contributed by atoms with Crippen LogP contribution in [0.5, 0.6) is 0 Å². The molecule has 1 aromatic heterocycles. The van der Waals surface area contributed by atoms with Crippen LogP contribution in [-0.4, -0.2) is 39.7 Å². The molecule has 25 heavy (non-hydrogen) atoms. The topological polar surface area (TPSA) is 63.3 Å². The molecule has 1 heterocycles. The fourth-order valence-electron chi connectivity index (χ4n) is 2.37. The van der Waals surface area contributed by atoms with E-state index in [1.807, 2.05) is 57.8 Å². The highest BCUT2D eigenvalue weighted by Crippen LogP contribution is 2.21. The molecular formula is C18H26N4O2S. The van der Waals surface area contributed by atoms with Gasteiger partial charge in [-0.3, -0.25) is 9.69 Å². The van der Waals surface area contributed by atoms with Crippen LogP contribution in [0.15, 0.2) is 22.6 Å². The number of aromatic nitrogens is 2. The minimum absolute atomic E-state index is 0.0422. The molecule has 0 fully saturated rings. The van der Waals surface area contributed by atoms with Crippen LogP contribution >= 0.6 is 12.2 Å². The summed E-state index contributed by atoms with van der Waals surface area (Å²) in [6.07, 6.45) is 0. The lowest BCUT2D eigenvalue weighted by molar-refractivity contribution is -0.123. The van der Waals surface area contributed by atoms with E-state index in [1.165, 1.54) is 11.1 Å². The first kappa shape index (κ1) is 19.3. The Morgan fingerprint density at radius 3 is 2.60 bits per heavy atom. The van der Waals surface area contributed by atoms with E-state index in [1.54, 1.807) is 4.68 Å². The van der Waals surface area contributed by atoms with Gasteiger partial charge in [-0.1, -0.05) is 6.07 Å². The average molecular weight is 362 g/mol. The summed E-state index contributed by atoms with van der Waals surface area (Å²) < 4.78 is 7.21. The second-order valence-corrected chi connectivity index (χ2v) is 7.77. The molecule has 0 radical (unpaired) electrons. The molecule has 7 heteroatoms. The molecule has 6 nitrogen and oxygen atoms in total. The Labute approximate surface area is 153 Å². The number of aryl methyl sites for hydroxylation is 2. The summed E-state index contributed by atoms with van der Waals surface area (Å²) in [4.78, 5) is 14.1. The Hall–Kier alpha value is -1.99. The van der Waals surface area contributed by atoms with Crippen LogP contribution in [0.25, 0.3) is 11.5 Å². The summed E-state index contributed by atoms with van der Waals surface area (Å²) in [6, 6.07) is 6.03. The van der Waals surface area contributed by atoms with E-state index in [0.717, 1.165) is 5.56 Å². The van der Waals surface area contributed by atoms with Crippen molar-refractivity contribution in [2.75, 3.05) is 13.6 Å². The summed E-state index contributed by atoms with van der Waals surface area (Å²) in [6.45, 7) is 10.6. The van der Waals surface area contributed by atoms with E-state index in [9.17, 15) is 4.79 Å². The lowest BCUT2D eigenvalue weighted by Crippen LogP contribution is -2.45. The third-order valence-corrected chi connectivity index (χ3v) is 3.96. The molecule has 1 N–H and O–H groups in total. The van der Waals surface area contributed by atoms with Gasteiger partial charge in [0.1, 0.15) is 0 Å². The molecule has 136 valence electrons. The predicted octanol–water partition coefficient (Wildman–Crippen LogP) is 3.29. The maximum absolute atomic E-state index is 12.0. The van der Waals surface area contributed by atoms with Crippen molar-refractivity contribution in [3.63, 3.8) is 0 Å². The Balaban J connectivity index is 2.08. The number of benzene rings is 1. The molecular weight excluding hydrogens is 336 g/mol. The average Bonchev–Trinajstić information content (AvgIpc) is 2.80. The first-order chi connectivity index (χ1) is 11.5. The quantitative estimate of drug-likeness (QED) is 0.827. The molecule has 1 amide bonds. The number of hydrogen-bond acceptors (Lipinski definition) is 5. The summed E-state index contributed by atoms with van der Waals surface area (Å²) in [5.74, 6) is 0.444. The Kier molecular flexibility index (Phi) is 5.80. The zero-order chi connectivity index (χ0) is 18.8. The fourth-order valence-corrected chi connectivity index (χ4v) is 2.55. The SMILES string of the molecule is Cc1ccc(-c2nn(CN(C)CC(=O)NC(C)(C)C)c(=S)o2)cc1C. The van der Waals surface area contributed by atoms with Crippen molar-refractivity contribution < 1.29 is 9.21 Å². The maximum Gasteiger partial charge on any atom is 0.288 e. The highest BCUT2D eigenvalue weighted by Gasteiger charge is 2.16. The van der Waals surface area contributed by atoms with Crippen molar-refractivity contribution in [2.45, 2.75) is 46.8 Å². The molecule has 2 aromatic rings. The number of nitrogens with zero attached hydrogens (tertiary/aromatic N) is 3. The van der Waals surface area contributed by atoms with E-state index in [0.29, 0.717) is 12.6 Å². The van der Waals surface area contributed by atoms with Gasteiger partial charge in [0.25, 0.3) is 4.84 Å². The van der Waals surface area contributed by atoms with Gasteiger partial charge in [0.05, 0.1) is 13.2 Å². The molecule has 1 aromatic carbocycles. The largest absolute Gasteiger partial charge is 0.409 e. The van der Waals surface area contributed by atoms with Crippen LogP contribution in [-0.2, 0) is 11.5 Å². The van der Waals surface area contributed by atoms with Gasteiger partial charge in [-0.05, 0) is 77.1 Å². The number of nitrogens with one attached hydrogen (secondary N) is 1. The minimum Gasteiger partial charge on any atom is -0.409 e. The van der Waals surface area contributed by atoms with Crippen molar-refractivity contribution in [3.05, 3.63) is 34.2 Å². The molecule has 2 rings (SSSR count). The number of hydrogen-bond donors (Lipinski definition) is 1. The highest BCUT2D eigenvalue weighted by atomic mass is 32.1. The first-order valence-electron chi connectivity index (χ1n) is 8.20. The minimum atomic E-state index is -0.251. The third-order valence-electron chi connectivity index (χ3n) is 3.66. The second kappa shape index (κ2) is 7.49. The first-order valence-corrected chi connectivity index (χ1v) is 8.61. The van der Waals surface area contributed by atoms with Gasteiger partial charge in [-0.15, -0.1) is 5.10 Å². The number of amides is 1. The molecule has 0 unspecified atom stereocenters. The Bertz CT molecular complexity index is 817. The van der Waals surface area contributed by atoms with Crippen LogP contribution in [0.3, 0.4) is 0 Å². The molecule has 0 aliphatic carbocycles. The standard InChI is InChI=1S/C18H26N4O2S/c1-12-7-8-14(9-13(12)2)16-20-22(17(25)24-16)11-21(6)10-15(23)19-18(3,4)5/h7-9H,10-11H2,1-6H3,(H,19,23).